The van der Waals surface area contributed by atoms with E-state index in [9.17, 15) is 0 Å². The molecule has 2 nitrogen and oxygen atoms in total. The summed E-state index contributed by atoms with van der Waals surface area (Å²) in [5, 5.41) is 7.33. The van der Waals surface area contributed by atoms with Gasteiger partial charge >= 0.3 is 0 Å². The summed E-state index contributed by atoms with van der Waals surface area (Å²) in [6, 6.07) is 10.2. The van der Waals surface area contributed by atoms with Crippen LogP contribution >= 0.6 is 11.6 Å². The molecule has 2 aromatic rings. The van der Waals surface area contributed by atoms with Gasteiger partial charge in [0.2, 0.25) is 0 Å². The van der Waals surface area contributed by atoms with Crippen molar-refractivity contribution in [3.8, 4) is 11.3 Å². The Morgan fingerprint density at radius 3 is 2.67 bits per heavy atom. The molecule has 0 bridgehead atoms. The first-order valence-corrected chi connectivity index (χ1v) is 5.51. The monoisotopic (exact) mass is 220 g/mol. The summed E-state index contributed by atoms with van der Waals surface area (Å²) >= 11 is 5.78. The van der Waals surface area contributed by atoms with Gasteiger partial charge in [0, 0.05) is 22.7 Å². The summed E-state index contributed by atoms with van der Waals surface area (Å²) in [7, 11) is 0. The highest BCUT2D eigenvalue weighted by Crippen LogP contribution is 2.23. The third-order valence-corrected chi connectivity index (χ3v) is 2.65. The normalized spacial score (nSPS) is 10.5. The van der Waals surface area contributed by atoms with E-state index in [0.717, 1.165) is 23.4 Å². The lowest BCUT2D eigenvalue weighted by Crippen LogP contribution is -1.90. The number of hydrogen-bond acceptors (Lipinski definition) is 1. The Labute approximate surface area is 94.3 Å². The van der Waals surface area contributed by atoms with E-state index in [2.05, 4.69) is 22.3 Å². The average molecular weight is 221 g/mol. The van der Waals surface area contributed by atoms with Crippen molar-refractivity contribution in [2.24, 2.45) is 0 Å². The molecule has 1 aromatic carbocycles. The van der Waals surface area contributed by atoms with E-state index in [4.69, 9.17) is 11.6 Å². The molecule has 15 heavy (non-hydrogen) atoms. The molecule has 0 aliphatic rings. The fraction of sp³-hybridized carbons (Fsp3) is 0.250. The van der Waals surface area contributed by atoms with Gasteiger partial charge in [-0.05, 0) is 13.3 Å². The Kier molecular flexibility index (Phi) is 3.07. The van der Waals surface area contributed by atoms with E-state index in [1.54, 1.807) is 0 Å². The highest BCUT2D eigenvalue weighted by molar-refractivity contribution is 6.18. The standard InChI is InChI=1S/C12H13ClN2/c1-9-11(7-8-13)12(15-14-9)10-5-3-2-4-6-10/h2-6H,7-8H2,1H3,(H,14,15). The number of nitrogens with zero attached hydrogens (tertiary/aromatic N) is 1. The summed E-state index contributed by atoms with van der Waals surface area (Å²) in [5.41, 5.74) is 4.49. The Morgan fingerprint density at radius 2 is 2.00 bits per heavy atom. The van der Waals surface area contributed by atoms with Gasteiger partial charge in [0.1, 0.15) is 0 Å². The maximum atomic E-state index is 5.78. The van der Waals surface area contributed by atoms with Crippen LogP contribution in [-0.2, 0) is 6.42 Å². The third kappa shape index (κ3) is 2.05. The molecule has 78 valence electrons. The van der Waals surface area contributed by atoms with E-state index in [1.165, 1.54) is 5.56 Å². The second kappa shape index (κ2) is 4.49. The molecule has 0 atom stereocenters. The van der Waals surface area contributed by atoms with Crippen molar-refractivity contribution >= 4 is 11.6 Å². The number of H-pyrrole nitrogens is 1. The molecule has 1 heterocycles. The van der Waals surface area contributed by atoms with Gasteiger partial charge in [0.25, 0.3) is 0 Å². The van der Waals surface area contributed by atoms with Crippen LogP contribution in [-0.4, -0.2) is 16.1 Å². The van der Waals surface area contributed by atoms with E-state index < -0.39 is 0 Å². The van der Waals surface area contributed by atoms with Crippen LogP contribution in [0.1, 0.15) is 11.3 Å². The minimum atomic E-state index is 0.625. The minimum Gasteiger partial charge on any atom is -0.282 e. The van der Waals surface area contributed by atoms with Crippen molar-refractivity contribution in [3.63, 3.8) is 0 Å². The van der Waals surface area contributed by atoms with Gasteiger partial charge in [-0.25, -0.2) is 0 Å². The number of aromatic amines is 1. The number of nitrogens with one attached hydrogen (secondary N) is 1. The molecule has 1 N–H and O–H groups in total. The Bertz CT molecular complexity index is 434. The van der Waals surface area contributed by atoms with Crippen LogP contribution in [0, 0.1) is 6.92 Å². The first-order chi connectivity index (χ1) is 7.33. The van der Waals surface area contributed by atoms with Crippen LogP contribution in [0.3, 0.4) is 0 Å². The number of aromatic nitrogens is 2. The molecule has 0 saturated carbocycles. The summed E-state index contributed by atoms with van der Waals surface area (Å²) in [4.78, 5) is 0. The van der Waals surface area contributed by atoms with Crippen molar-refractivity contribution in [1.29, 1.82) is 0 Å². The van der Waals surface area contributed by atoms with Gasteiger partial charge in [0.05, 0.1) is 5.69 Å². The number of benzene rings is 1. The minimum absolute atomic E-state index is 0.625. The van der Waals surface area contributed by atoms with Gasteiger partial charge in [-0.3, -0.25) is 5.10 Å². The molecule has 0 amide bonds. The molecule has 0 unspecified atom stereocenters. The van der Waals surface area contributed by atoms with Crippen molar-refractivity contribution in [3.05, 3.63) is 41.6 Å². The lowest BCUT2D eigenvalue weighted by molar-refractivity contribution is 1.04. The van der Waals surface area contributed by atoms with Gasteiger partial charge in [-0.1, -0.05) is 30.3 Å². The molecule has 0 spiro atoms. The summed E-state index contributed by atoms with van der Waals surface area (Å²) in [5.74, 6) is 0.625. The molecular weight excluding hydrogens is 208 g/mol. The number of halogens is 1. The van der Waals surface area contributed by atoms with Gasteiger partial charge in [-0.15, -0.1) is 11.6 Å². The quantitative estimate of drug-likeness (QED) is 0.791. The number of alkyl halides is 1. The van der Waals surface area contributed by atoms with Crippen molar-refractivity contribution in [2.75, 3.05) is 5.88 Å². The Balaban J connectivity index is 2.44. The van der Waals surface area contributed by atoms with E-state index in [-0.39, 0.29) is 0 Å². The largest absolute Gasteiger partial charge is 0.282 e. The average Bonchev–Trinajstić information content (AvgIpc) is 2.63. The Morgan fingerprint density at radius 1 is 1.27 bits per heavy atom. The molecule has 3 heteroatoms. The van der Waals surface area contributed by atoms with Gasteiger partial charge in [-0.2, -0.15) is 5.10 Å². The maximum absolute atomic E-state index is 5.78. The van der Waals surface area contributed by atoms with Crippen LogP contribution in [0.4, 0.5) is 0 Å². The third-order valence-electron chi connectivity index (χ3n) is 2.47. The fourth-order valence-corrected chi connectivity index (χ4v) is 1.88. The molecular formula is C12H13ClN2. The lowest BCUT2D eigenvalue weighted by Gasteiger charge is -2.01. The number of rotatable bonds is 3. The van der Waals surface area contributed by atoms with Crippen LogP contribution < -0.4 is 0 Å². The first kappa shape index (κ1) is 10.2. The summed E-state index contributed by atoms with van der Waals surface area (Å²) in [6.07, 6.45) is 0.855. The van der Waals surface area contributed by atoms with Crippen LogP contribution in [0.25, 0.3) is 11.3 Å². The molecule has 0 saturated heterocycles. The Hall–Kier alpha value is -1.28. The highest BCUT2D eigenvalue weighted by Gasteiger charge is 2.10. The number of hydrogen-bond donors (Lipinski definition) is 1. The second-order valence-corrected chi connectivity index (χ2v) is 3.86. The predicted molar refractivity (Wildman–Crippen MR) is 63.2 cm³/mol. The zero-order valence-corrected chi connectivity index (χ0v) is 9.38. The molecule has 0 fully saturated rings. The van der Waals surface area contributed by atoms with E-state index in [1.807, 2.05) is 25.1 Å². The van der Waals surface area contributed by atoms with Crippen molar-refractivity contribution in [2.45, 2.75) is 13.3 Å². The van der Waals surface area contributed by atoms with E-state index in [0.29, 0.717) is 5.88 Å². The van der Waals surface area contributed by atoms with Gasteiger partial charge in [0.15, 0.2) is 0 Å². The predicted octanol–water partition coefficient (Wildman–Crippen LogP) is 3.17. The highest BCUT2D eigenvalue weighted by atomic mass is 35.5. The van der Waals surface area contributed by atoms with Crippen molar-refractivity contribution < 1.29 is 0 Å². The number of aryl methyl sites for hydroxylation is 1. The molecule has 0 radical (unpaired) electrons. The van der Waals surface area contributed by atoms with Gasteiger partial charge < -0.3 is 0 Å². The molecule has 1 aromatic heterocycles. The zero-order valence-electron chi connectivity index (χ0n) is 8.63. The summed E-state index contributed by atoms with van der Waals surface area (Å²) in [6.45, 7) is 2.03. The maximum Gasteiger partial charge on any atom is 0.0955 e. The van der Waals surface area contributed by atoms with Crippen LogP contribution in [0.2, 0.25) is 0 Å². The first-order valence-electron chi connectivity index (χ1n) is 4.98. The smallest absolute Gasteiger partial charge is 0.0955 e. The molecule has 0 aliphatic carbocycles. The second-order valence-electron chi connectivity index (χ2n) is 3.48. The molecule has 2 rings (SSSR count). The van der Waals surface area contributed by atoms with Crippen LogP contribution in [0.15, 0.2) is 30.3 Å². The SMILES string of the molecule is Cc1[nH]nc(-c2ccccc2)c1CCCl. The topological polar surface area (TPSA) is 28.7 Å². The fourth-order valence-electron chi connectivity index (χ4n) is 1.69. The zero-order chi connectivity index (χ0) is 10.7. The van der Waals surface area contributed by atoms with Crippen molar-refractivity contribution in [1.82, 2.24) is 10.2 Å². The van der Waals surface area contributed by atoms with E-state index >= 15 is 0 Å². The molecule has 0 aliphatic heterocycles. The van der Waals surface area contributed by atoms with Crippen LogP contribution in [0.5, 0.6) is 0 Å². The lowest BCUT2D eigenvalue weighted by atomic mass is 10.0. The summed E-state index contributed by atoms with van der Waals surface area (Å²) < 4.78 is 0.